The monoisotopic (exact) mass is 305 g/mol. The fourth-order valence-electron chi connectivity index (χ4n) is 2.84. The van der Waals surface area contributed by atoms with E-state index in [0.29, 0.717) is 25.0 Å². The average Bonchev–Trinajstić information content (AvgIpc) is 2.59. The molecule has 0 amide bonds. The first-order valence-electron chi connectivity index (χ1n) is 7.78. The molecule has 0 saturated carbocycles. The highest BCUT2D eigenvalue weighted by Crippen LogP contribution is 2.32. The van der Waals surface area contributed by atoms with E-state index in [-0.39, 0.29) is 17.5 Å². The maximum atomic E-state index is 12.3. The van der Waals surface area contributed by atoms with Crippen molar-refractivity contribution < 1.29 is 9.90 Å². The molecule has 3 rings (SSSR count). The van der Waals surface area contributed by atoms with Crippen molar-refractivity contribution in [2.24, 2.45) is 4.99 Å². The molecule has 1 aliphatic rings. The minimum Gasteiger partial charge on any atom is -0.511 e. The molecule has 3 nitrogen and oxygen atoms in total. The van der Waals surface area contributed by atoms with E-state index in [1.807, 2.05) is 60.7 Å². The summed E-state index contributed by atoms with van der Waals surface area (Å²) in [5, 5.41) is 10.2. The number of carbonyl (C=O) groups excluding carboxylic acids is 1. The number of allylic oxidation sites excluding steroid dienone is 2. The number of rotatable bonds is 4. The van der Waals surface area contributed by atoms with Gasteiger partial charge in [-0.25, -0.2) is 0 Å². The summed E-state index contributed by atoms with van der Waals surface area (Å²) in [7, 11) is 0. The zero-order valence-corrected chi connectivity index (χ0v) is 12.9. The molecule has 0 saturated heterocycles. The number of hydrogen-bond donors (Lipinski definition) is 1. The first kappa shape index (κ1) is 15.2. The van der Waals surface area contributed by atoms with Crippen molar-refractivity contribution in [1.29, 1.82) is 0 Å². The zero-order valence-electron chi connectivity index (χ0n) is 12.9. The summed E-state index contributed by atoms with van der Waals surface area (Å²) in [6.45, 7) is 0.507. The van der Waals surface area contributed by atoms with E-state index in [4.69, 9.17) is 0 Å². The third-order valence-electron chi connectivity index (χ3n) is 4.09. The van der Waals surface area contributed by atoms with Crippen molar-refractivity contribution in [2.75, 3.05) is 0 Å². The van der Waals surface area contributed by atoms with Crippen LogP contribution in [0.1, 0.15) is 29.9 Å². The number of benzene rings is 2. The molecule has 1 N–H and O–H groups in total. The van der Waals surface area contributed by atoms with Gasteiger partial charge in [-0.3, -0.25) is 9.79 Å². The zero-order chi connectivity index (χ0) is 16.1. The number of aliphatic imine (C=N–C) groups is 1. The van der Waals surface area contributed by atoms with Gasteiger partial charge < -0.3 is 5.11 Å². The fourth-order valence-corrected chi connectivity index (χ4v) is 2.84. The maximum Gasteiger partial charge on any atom is 0.168 e. The molecule has 0 radical (unpaired) electrons. The van der Waals surface area contributed by atoms with Gasteiger partial charge in [0, 0.05) is 19.1 Å². The number of aliphatic hydroxyl groups excluding tert-OH is 1. The van der Waals surface area contributed by atoms with Crippen molar-refractivity contribution in [3.8, 4) is 0 Å². The highest BCUT2D eigenvalue weighted by atomic mass is 16.3. The molecular formula is C20H19NO2. The molecule has 1 aliphatic carbocycles. The van der Waals surface area contributed by atoms with Crippen LogP contribution in [-0.2, 0) is 11.3 Å². The van der Waals surface area contributed by atoms with Crippen LogP contribution in [0.4, 0.5) is 0 Å². The predicted molar refractivity (Wildman–Crippen MR) is 91.7 cm³/mol. The second-order valence-electron chi connectivity index (χ2n) is 5.75. The molecule has 0 aromatic heterocycles. The Balaban J connectivity index is 1.71. The van der Waals surface area contributed by atoms with Gasteiger partial charge in [0.2, 0.25) is 0 Å². The van der Waals surface area contributed by atoms with Gasteiger partial charge in [0.1, 0.15) is 5.76 Å². The van der Waals surface area contributed by atoms with Crippen LogP contribution in [0.5, 0.6) is 0 Å². The molecule has 0 unspecified atom stereocenters. The molecule has 3 heteroatoms. The lowest BCUT2D eigenvalue weighted by Crippen LogP contribution is -2.19. The molecule has 1 atom stereocenters. The molecule has 23 heavy (non-hydrogen) atoms. The summed E-state index contributed by atoms with van der Waals surface area (Å²) in [5.41, 5.74) is 2.52. The lowest BCUT2D eigenvalue weighted by Gasteiger charge is -2.22. The Labute approximate surface area is 136 Å². The Bertz CT molecular complexity index is 733. The minimum absolute atomic E-state index is 0.0422. The fraction of sp³-hybridized carbons (Fsp3) is 0.200. The van der Waals surface area contributed by atoms with E-state index in [2.05, 4.69) is 4.99 Å². The second kappa shape index (κ2) is 7.05. The molecule has 0 spiro atoms. The highest BCUT2D eigenvalue weighted by molar-refractivity contribution is 6.14. The van der Waals surface area contributed by atoms with Gasteiger partial charge in [-0.2, -0.15) is 0 Å². The number of Topliss-reactive ketones (excluding diaryl/α,β-unsaturated/α-hetero) is 1. The number of ketones is 1. The summed E-state index contributed by atoms with van der Waals surface area (Å²) in [6, 6.07) is 19.7. The van der Waals surface area contributed by atoms with Gasteiger partial charge in [0.15, 0.2) is 5.78 Å². The average molecular weight is 305 g/mol. The summed E-state index contributed by atoms with van der Waals surface area (Å²) in [5.74, 6) is 0.154. The Morgan fingerprint density at radius 2 is 1.65 bits per heavy atom. The van der Waals surface area contributed by atoms with Crippen LogP contribution in [0, 0.1) is 0 Å². The topological polar surface area (TPSA) is 49.7 Å². The Kier molecular flexibility index (Phi) is 4.67. The van der Waals surface area contributed by atoms with Crippen molar-refractivity contribution in [3.63, 3.8) is 0 Å². The largest absolute Gasteiger partial charge is 0.511 e. The molecule has 0 bridgehead atoms. The summed E-state index contributed by atoms with van der Waals surface area (Å²) in [4.78, 5) is 16.6. The number of carbonyl (C=O) groups is 1. The number of nitrogens with zero attached hydrogens (tertiary/aromatic N) is 1. The summed E-state index contributed by atoms with van der Waals surface area (Å²) >= 11 is 0. The maximum absolute atomic E-state index is 12.3. The first-order chi connectivity index (χ1) is 11.2. The van der Waals surface area contributed by atoms with E-state index in [9.17, 15) is 9.90 Å². The van der Waals surface area contributed by atoms with Crippen molar-refractivity contribution >= 4 is 12.0 Å². The molecule has 0 fully saturated rings. The van der Waals surface area contributed by atoms with Crippen LogP contribution in [0.25, 0.3) is 0 Å². The van der Waals surface area contributed by atoms with Gasteiger partial charge in [-0.1, -0.05) is 60.7 Å². The third kappa shape index (κ3) is 3.75. The van der Waals surface area contributed by atoms with E-state index >= 15 is 0 Å². The van der Waals surface area contributed by atoms with Crippen LogP contribution < -0.4 is 0 Å². The second-order valence-corrected chi connectivity index (χ2v) is 5.75. The molecule has 116 valence electrons. The SMILES string of the molecule is O=C1C[C@H](c2ccccc2)CC(O)=C1C=NCc1ccccc1. The van der Waals surface area contributed by atoms with Crippen molar-refractivity contribution in [1.82, 2.24) is 0 Å². The Morgan fingerprint density at radius 3 is 2.30 bits per heavy atom. The van der Waals surface area contributed by atoms with E-state index in [0.717, 1.165) is 11.1 Å². The molecule has 2 aromatic carbocycles. The van der Waals surface area contributed by atoms with Gasteiger partial charge in [0.25, 0.3) is 0 Å². The van der Waals surface area contributed by atoms with Crippen LogP contribution in [0.15, 0.2) is 77.0 Å². The molecule has 2 aromatic rings. The number of hydrogen-bond acceptors (Lipinski definition) is 3. The van der Waals surface area contributed by atoms with Gasteiger partial charge in [0.05, 0.1) is 12.1 Å². The smallest absolute Gasteiger partial charge is 0.168 e. The minimum atomic E-state index is -0.0422. The van der Waals surface area contributed by atoms with E-state index < -0.39 is 0 Å². The lowest BCUT2D eigenvalue weighted by atomic mass is 9.83. The Hall–Kier alpha value is -2.68. The number of aliphatic hydroxyl groups is 1. The molecule has 0 heterocycles. The van der Waals surface area contributed by atoms with Crippen LogP contribution in [0.2, 0.25) is 0 Å². The summed E-state index contributed by atoms with van der Waals surface area (Å²) < 4.78 is 0. The summed E-state index contributed by atoms with van der Waals surface area (Å²) in [6.07, 6.45) is 2.43. The lowest BCUT2D eigenvalue weighted by molar-refractivity contribution is -0.116. The van der Waals surface area contributed by atoms with Gasteiger partial charge in [-0.15, -0.1) is 0 Å². The highest BCUT2D eigenvalue weighted by Gasteiger charge is 2.27. The van der Waals surface area contributed by atoms with E-state index in [1.165, 1.54) is 6.21 Å². The van der Waals surface area contributed by atoms with Gasteiger partial charge in [-0.05, 0) is 17.0 Å². The Morgan fingerprint density at radius 1 is 1.00 bits per heavy atom. The van der Waals surface area contributed by atoms with E-state index in [1.54, 1.807) is 0 Å². The van der Waals surface area contributed by atoms with Crippen LogP contribution in [0.3, 0.4) is 0 Å². The quantitative estimate of drug-likeness (QED) is 0.860. The predicted octanol–water partition coefficient (Wildman–Crippen LogP) is 4.22. The normalized spacial score (nSPS) is 18.6. The van der Waals surface area contributed by atoms with Gasteiger partial charge >= 0.3 is 0 Å². The third-order valence-corrected chi connectivity index (χ3v) is 4.09. The molecular weight excluding hydrogens is 286 g/mol. The van der Waals surface area contributed by atoms with Crippen molar-refractivity contribution in [2.45, 2.75) is 25.3 Å². The van der Waals surface area contributed by atoms with Crippen LogP contribution >= 0.6 is 0 Å². The van der Waals surface area contributed by atoms with Crippen molar-refractivity contribution in [3.05, 3.63) is 83.1 Å². The first-order valence-corrected chi connectivity index (χ1v) is 7.78. The standard InChI is InChI=1S/C20H19NO2/c22-19-11-17(16-9-5-2-6-10-16)12-20(23)18(19)14-21-13-15-7-3-1-4-8-15/h1-10,14,17,22H,11-13H2/t17-/m1/s1. The molecule has 0 aliphatic heterocycles. The van der Waals surface area contributed by atoms with Crippen LogP contribution in [-0.4, -0.2) is 17.1 Å².